The second kappa shape index (κ2) is 4.91. The fourth-order valence-electron chi connectivity index (χ4n) is 1.04. The van der Waals surface area contributed by atoms with Crippen molar-refractivity contribution in [1.29, 1.82) is 0 Å². The molecule has 0 fully saturated rings. The maximum absolute atomic E-state index is 11.8. The smallest absolute Gasteiger partial charge is 0.345 e. The summed E-state index contributed by atoms with van der Waals surface area (Å²) in [6.07, 6.45) is -1.09. The van der Waals surface area contributed by atoms with E-state index in [4.69, 9.17) is 0 Å². The molecule has 0 saturated carbocycles. The summed E-state index contributed by atoms with van der Waals surface area (Å²) in [6, 6.07) is 2.72. The van der Waals surface area contributed by atoms with Crippen LogP contribution in [0.15, 0.2) is 24.5 Å². The van der Waals surface area contributed by atoms with Crippen molar-refractivity contribution in [3.63, 3.8) is 0 Å². The number of carbonyl (C=O) groups is 1. The fraction of sp³-hybridized carbons (Fsp3) is 0.444. The van der Waals surface area contributed by atoms with E-state index in [1.54, 1.807) is 29.8 Å². The van der Waals surface area contributed by atoms with Gasteiger partial charge in [0, 0.05) is 12.4 Å². The first-order chi connectivity index (χ1) is 7.38. The molecule has 0 radical (unpaired) electrons. The molecule has 90 valence electrons. The van der Waals surface area contributed by atoms with Crippen molar-refractivity contribution in [2.45, 2.75) is 19.1 Å². The molecule has 16 heavy (non-hydrogen) atoms. The second-order valence-corrected chi connectivity index (χ2v) is 3.27. The van der Waals surface area contributed by atoms with Gasteiger partial charge in [0.15, 0.2) is 0 Å². The third kappa shape index (κ3) is 4.24. The molecule has 1 rings (SSSR count). The molecule has 1 unspecified atom stereocenters. The van der Waals surface area contributed by atoms with Crippen LogP contribution in [0, 0.1) is 0 Å². The zero-order valence-electron chi connectivity index (χ0n) is 8.58. The Bertz CT molecular complexity index is 334. The van der Waals surface area contributed by atoms with Gasteiger partial charge in [-0.3, -0.25) is 9.47 Å². The van der Waals surface area contributed by atoms with Gasteiger partial charge in [-0.05, 0) is 19.1 Å². The van der Waals surface area contributed by atoms with Gasteiger partial charge in [-0.2, -0.15) is 13.2 Å². The van der Waals surface area contributed by atoms with Crippen LogP contribution in [0.3, 0.4) is 0 Å². The predicted octanol–water partition coefficient (Wildman–Crippen LogP) is 1.10. The number of alkyl halides is 3. The Kier molecular flexibility index (Phi) is 3.81. The molecule has 1 amide bonds. The van der Waals surface area contributed by atoms with Crippen LogP contribution in [0.25, 0.3) is 0 Å². The Labute approximate surface area is 90.4 Å². The molecule has 1 heterocycles. The largest absolute Gasteiger partial charge is 0.405 e. The van der Waals surface area contributed by atoms with Crippen molar-refractivity contribution in [3.8, 4) is 0 Å². The van der Waals surface area contributed by atoms with Crippen LogP contribution >= 0.6 is 0 Å². The van der Waals surface area contributed by atoms with E-state index in [0.717, 1.165) is 0 Å². The van der Waals surface area contributed by atoms with Gasteiger partial charge in [0.2, 0.25) is 5.91 Å². The highest BCUT2D eigenvalue weighted by Gasteiger charge is 2.28. The first-order valence-electron chi connectivity index (χ1n) is 4.62. The molecule has 1 aromatic rings. The molecule has 2 N–H and O–H groups in total. The minimum Gasteiger partial charge on any atom is -0.345 e. The van der Waals surface area contributed by atoms with Crippen molar-refractivity contribution >= 4 is 5.91 Å². The van der Waals surface area contributed by atoms with Gasteiger partial charge in [0.25, 0.3) is 0 Å². The van der Waals surface area contributed by atoms with Gasteiger partial charge in [-0.1, -0.05) is 0 Å². The summed E-state index contributed by atoms with van der Waals surface area (Å²) < 4.78 is 36.9. The third-order valence-electron chi connectivity index (χ3n) is 1.80. The van der Waals surface area contributed by atoms with Crippen molar-refractivity contribution < 1.29 is 18.0 Å². The van der Waals surface area contributed by atoms with E-state index in [1.165, 1.54) is 11.6 Å². The third-order valence-corrected chi connectivity index (χ3v) is 1.80. The molecule has 0 aliphatic carbocycles. The van der Waals surface area contributed by atoms with Gasteiger partial charge < -0.3 is 10.7 Å². The summed E-state index contributed by atoms with van der Waals surface area (Å²) in [6.45, 7) is 0.162. The van der Waals surface area contributed by atoms with Crippen LogP contribution in [0.1, 0.15) is 6.92 Å². The van der Waals surface area contributed by atoms with Crippen LogP contribution in [0.5, 0.6) is 0 Å². The molecule has 0 aliphatic heterocycles. The fourth-order valence-corrected chi connectivity index (χ4v) is 1.04. The zero-order valence-corrected chi connectivity index (χ0v) is 8.58. The minimum atomic E-state index is -4.39. The van der Waals surface area contributed by atoms with Crippen molar-refractivity contribution in [2.24, 2.45) is 0 Å². The Hall–Kier alpha value is -1.66. The summed E-state index contributed by atoms with van der Waals surface area (Å²) in [7, 11) is 0. The van der Waals surface area contributed by atoms with Crippen LogP contribution in [0.2, 0.25) is 0 Å². The number of nitrogens with zero attached hydrogens (tertiary/aromatic N) is 1. The summed E-state index contributed by atoms with van der Waals surface area (Å²) in [5.74, 6) is -0.703. The lowest BCUT2D eigenvalue weighted by molar-refractivity contribution is -0.138. The van der Waals surface area contributed by atoms with Crippen LogP contribution in [-0.4, -0.2) is 29.3 Å². The number of amides is 1. The van der Waals surface area contributed by atoms with E-state index < -0.39 is 24.7 Å². The molecule has 0 aliphatic rings. The normalized spacial score (nSPS) is 13.2. The van der Waals surface area contributed by atoms with E-state index in [1.807, 2.05) is 0 Å². The van der Waals surface area contributed by atoms with Crippen LogP contribution < -0.4 is 10.7 Å². The molecule has 1 aromatic heterocycles. The van der Waals surface area contributed by atoms with Gasteiger partial charge in [-0.15, -0.1) is 0 Å². The Morgan fingerprint density at radius 1 is 1.38 bits per heavy atom. The molecule has 1 atom stereocenters. The highest BCUT2D eigenvalue weighted by atomic mass is 19.4. The summed E-state index contributed by atoms with van der Waals surface area (Å²) in [5, 5.41) is 1.80. The average Bonchev–Trinajstić information content (AvgIpc) is 2.65. The van der Waals surface area contributed by atoms with E-state index in [2.05, 4.69) is 5.43 Å². The predicted molar refractivity (Wildman–Crippen MR) is 52.3 cm³/mol. The van der Waals surface area contributed by atoms with Crippen LogP contribution in [-0.2, 0) is 4.79 Å². The molecular weight excluding hydrogens is 223 g/mol. The lowest BCUT2D eigenvalue weighted by Gasteiger charge is -2.16. The minimum absolute atomic E-state index is 0.703. The number of rotatable bonds is 4. The lowest BCUT2D eigenvalue weighted by atomic mass is 10.3. The standard InChI is InChI=1S/C9H12F3N3O/c1-7(14-15-4-2-3-5-15)8(16)13-6-9(10,11)12/h2-5,7,14H,6H2,1H3,(H,13,16). The molecular formula is C9H12F3N3O. The molecule has 0 spiro atoms. The monoisotopic (exact) mass is 235 g/mol. The number of aromatic nitrogens is 1. The molecule has 0 saturated heterocycles. The van der Waals surface area contributed by atoms with Crippen molar-refractivity contribution in [2.75, 3.05) is 12.0 Å². The molecule has 7 heteroatoms. The van der Waals surface area contributed by atoms with Gasteiger partial charge in [0.05, 0.1) is 0 Å². The average molecular weight is 235 g/mol. The quantitative estimate of drug-likeness (QED) is 0.820. The zero-order chi connectivity index (χ0) is 12.2. The van der Waals surface area contributed by atoms with E-state index >= 15 is 0 Å². The van der Waals surface area contributed by atoms with Crippen LogP contribution in [0.4, 0.5) is 13.2 Å². The van der Waals surface area contributed by atoms with Crippen molar-refractivity contribution in [3.05, 3.63) is 24.5 Å². The maximum atomic E-state index is 11.8. The van der Waals surface area contributed by atoms with E-state index in [-0.39, 0.29) is 0 Å². The second-order valence-electron chi connectivity index (χ2n) is 3.27. The summed E-state index contributed by atoms with van der Waals surface area (Å²) in [4.78, 5) is 11.2. The number of hydrogen-bond acceptors (Lipinski definition) is 2. The Morgan fingerprint density at radius 2 is 1.94 bits per heavy atom. The van der Waals surface area contributed by atoms with Gasteiger partial charge >= 0.3 is 6.18 Å². The highest BCUT2D eigenvalue weighted by Crippen LogP contribution is 2.12. The number of hydrogen-bond donors (Lipinski definition) is 2. The summed E-state index contributed by atoms with van der Waals surface area (Å²) >= 11 is 0. The topological polar surface area (TPSA) is 46.1 Å². The molecule has 4 nitrogen and oxygen atoms in total. The van der Waals surface area contributed by atoms with E-state index in [0.29, 0.717) is 0 Å². The highest BCUT2D eigenvalue weighted by molar-refractivity contribution is 5.82. The molecule has 0 aromatic carbocycles. The first kappa shape index (κ1) is 12.4. The molecule has 0 bridgehead atoms. The number of nitrogens with one attached hydrogen (secondary N) is 2. The van der Waals surface area contributed by atoms with Gasteiger partial charge in [0.1, 0.15) is 12.6 Å². The van der Waals surface area contributed by atoms with Gasteiger partial charge in [-0.25, -0.2) is 0 Å². The summed E-state index contributed by atoms with van der Waals surface area (Å²) in [5.41, 5.74) is 2.70. The Balaban J connectivity index is 2.37. The lowest BCUT2D eigenvalue weighted by Crippen LogP contribution is -2.44. The first-order valence-corrected chi connectivity index (χ1v) is 4.62. The number of halogens is 3. The Morgan fingerprint density at radius 3 is 2.44 bits per heavy atom. The van der Waals surface area contributed by atoms with Crippen molar-refractivity contribution in [1.82, 2.24) is 9.99 Å². The maximum Gasteiger partial charge on any atom is 0.405 e. The van der Waals surface area contributed by atoms with E-state index in [9.17, 15) is 18.0 Å². The number of carbonyl (C=O) groups excluding carboxylic acids is 1. The SMILES string of the molecule is CC(Nn1cccc1)C(=O)NCC(F)(F)F.